The number of hydrogen-bond donors (Lipinski definition) is 2. The van der Waals surface area contributed by atoms with E-state index in [1.165, 1.54) is 32.4 Å². The van der Waals surface area contributed by atoms with Crippen molar-refractivity contribution in [2.24, 2.45) is 17.8 Å². The molecule has 4 atom stereocenters. The molecule has 3 heterocycles. The van der Waals surface area contributed by atoms with Crippen molar-refractivity contribution in [3.05, 3.63) is 29.8 Å². The van der Waals surface area contributed by atoms with Crippen molar-refractivity contribution in [2.45, 2.75) is 69.5 Å². The first kappa shape index (κ1) is 20.5. The zero-order valence-electron chi connectivity index (χ0n) is 19.0. The molecule has 172 valence electrons. The number of nitrogens with one attached hydrogen (secondary N) is 2. The molecule has 32 heavy (non-hydrogen) atoms. The lowest BCUT2D eigenvalue weighted by Crippen LogP contribution is -2.68. The first-order valence-corrected chi connectivity index (χ1v) is 12.9. The van der Waals surface area contributed by atoms with Crippen LogP contribution in [-0.4, -0.2) is 59.5 Å². The van der Waals surface area contributed by atoms with E-state index in [4.69, 9.17) is 0 Å². The topological polar surface area (TPSA) is 64.7 Å². The zero-order chi connectivity index (χ0) is 21.7. The van der Waals surface area contributed by atoms with Gasteiger partial charge in [0.25, 0.3) is 5.91 Å². The number of para-hydroxylation sites is 1. The molecule has 3 unspecified atom stereocenters. The van der Waals surface area contributed by atoms with Crippen LogP contribution in [0, 0.1) is 17.8 Å². The van der Waals surface area contributed by atoms with Crippen LogP contribution in [0.1, 0.15) is 68.1 Å². The fourth-order valence-electron chi connectivity index (χ4n) is 7.42. The van der Waals surface area contributed by atoms with Crippen LogP contribution < -0.4 is 10.6 Å². The van der Waals surface area contributed by atoms with Gasteiger partial charge < -0.3 is 20.4 Å². The molecular formula is C26H36N4O2. The van der Waals surface area contributed by atoms with Gasteiger partial charge in [-0.1, -0.05) is 18.6 Å². The smallest absolute Gasteiger partial charge is 0.255 e. The Morgan fingerprint density at radius 1 is 0.938 bits per heavy atom. The second kappa shape index (κ2) is 8.05. The van der Waals surface area contributed by atoms with Gasteiger partial charge in [0.15, 0.2) is 0 Å². The number of amides is 2. The largest absolute Gasteiger partial charge is 0.362 e. The standard InChI is InChI=1S/C26H36N4O2/c31-24-21-6-2-3-7-23(21)27-26(28-24)17-18-8-9-19(26)16-22(18)25(32)30-14-10-20(11-15-30)29-12-4-1-5-13-29/h2-3,6-7,18-20,22,27H,1,4-5,8-17H2,(H,28,31)/t18?,19?,22?,26-/m1/s1. The van der Waals surface area contributed by atoms with E-state index in [0.29, 0.717) is 23.8 Å². The Hall–Kier alpha value is -2.08. The lowest BCUT2D eigenvalue weighted by Gasteiger charge is -2.57. The number of likely N-dealkylation sites (tertiary alicyclic amines) is 2. The van der Waals surface area contributed by atoms with Crippen LogP contribution in [-0.2, 0) is 4.79 Å². The Bertz CT molecular complexity index is 890. The minimum atomic E-state index is -0.383. The fourth-order valence-corrected chi connectivity index (χ4v) is 7.42. The molecule has 1 aromatic carbocycles. The molecule has 2 amide bonds. The average Bonchev–Trinajstić information content (AvgIpc) is 2.84. The highest BCUT2D eigenvalue weighted by atomic mass is 16.2. The van der Waals surface area contributed by atoms with E-state index in [9.17, 15) is 9.59 Å². The van der Waals surface area contributed by atoms with Crippen LogP contribution in [0.2, 0.25) is 0 Å². The number of rotatable bonds is 2. The number of anilines is 1. The minimum Gasteiger partial charge on any atom is -0.362 e. The summed E-state index contributed by atoms with van der Waals surface area (Å²) >= 11 is 0. The summed E-state index contributed by atoms with van der Waals surface area (Å²) in [6, 6.07) is 8.46. The highest BCUT2D eigenvalue weighted by molar-refractivity contribution is 6.02. The fraction of sp³-hybridized carbons (Fsp3) is 0.692. The van der Waals surface area contributed by atoms with Gasteiger partial charge in [0.2, 0.25) is 5.91 Å². The van der Waals surface area contributed by atoms with E-state index < -0.39 is 0 Å². The molecule has 3 aliphatic heterocycles. The van der Waals surface area contributed by atoms with Gasteiger partial charge in [0.05, 0.1) is 5.56 Å². The predicted octanol–water partition coefficient (Wildman–Crippen LogP) is 3.45. The van der Waals surface area contributed by atoms with Crippen LogP contribution in [0.25, 0.3) is 0 Å². The third-order valence-corrected chi connectivity index (χ3v) is 9.14. The quantitative estimate of drug-likeness (QED) is 0.745. The van der Waals surface area contributed by atoms with Crippen molar-refractivity contribution in [3.8, 4) is 0 Å². The highest BCUT2D eigenvalue weighted by Gasteiger charge is 2.55. The van der Waals surface area contributed by atoms with Gasteiger partial charge in [-0.05, 0) is 82.5 Å². The number of hydrogen-bond acceptors (Lipinski definition) is 4. The molecular weight excluding hydrogens is 400 g/mol. The van der Waals surface area contributed by atoms with Crippen molar-refractivity contribution in [2.75, 3.05) is 31.5 Å². The number of carbonyl (C=O) groups excluding carboxylic acids is 2. The summed E-state index contributed by atoms with van der Waals surface area (Å²) in [6.07, 6.45) is 10.2. The van der Waals surface area contributed by atoms with Crippen LogP contribution in [0.5, 0.6) is 0 Å². The van der Waals surface area contributed by atoms with Gasteiger partial charge in [-0.2, -0.15) is 0 Å². The second-order valence-corrected chi connectivity index (χ2v) is 10.8. The maximum Gasteiger partial charge on any atom is 0.255 e. The van der Waals surface area contributed by atoms with Crippen molar-refractivity contribution < 1.29 is 9.59 Å². The SMILES string of the molecule is O=C1N[C@@]2(CC3CCC2CC3C(=O)N2CCC(N3CCCCC3)CC2)Nc2ccccc21. The molecule has 5 fully saturated rings. The van der Waals surface area contributed by atoms with Gasteiger partial charge >= 0.3 is 0 Å². The second-order valence-electron chi connectivity index (χ2n) is 10.8. The van der Waals surface area contributed by atoms with Gasteiger partial charge in [-0.25, -0.2) is 0 Å². The lowest BCUT2D eigenvalue weighted by molar-refractivity contribution is -0.144. The summed E-state index contributed by atoms with van der Waals surface area (Å²) in [5.41, 5.74) is 1.28. The van der Waals surface area contributed by atoms with Crippen molar-refractivity contribution in [1.29, 1.82) is 0 Å². The Morgan fingerprint density at radius 3 is 2.47 bits per heavy atom. The third-order valence-electron chi connectivity index (χ3n) is 9.14. The highest BCUT2D eigenvalue weighted by Crippen LogP contribution is 2.52. The number of benzene rings is 1. The summed E-state index contributed by atoms with van der Waals surface area (Å²) in [7, 11) is 0. The summed E-state index contributed by atoms with van der Waals surface area (Å²) in [5, 5.41) is 7.01. The first-order chi connectivity index (χ1) is 15.6. The number of nitrogens with zero attached hydrogens (tertiary/aromatic N) is 2. The maximum absolute atomic E-state index is 13.6. The Morgan fingerprint density at radius 2 is 1.72 bits per heavy atom. The van der Waals surface area contributed by atoms with Crippen LogP contribution in [0.4, 0.5) is 5.69 Å². The molecule has 3 aliphatic carbocycles. The molecule has 6 heteroatoms. The first-order valence-electron chi connectivity index (χ1n) is 12.9. The molecule has 0 radical (unpaired) electrons. The zero-order valence-corrected chi connectivity index (χ0v) is 19.0. The number of piperidine rings is 2. The van der Waals surface area contributed by atoms with E-state index >= 15 is 0 Å². The average molecular weight is 437 g/mol. The van der Waals surface area contributed by atoms with Crippen molar-refractivity contribution >= 4 is 17.5 Å². The normalized spacial score (nSPS) is 35.3. The summed E-state index contributed by atoms with van der Waals surface area (Å²) in [6.45, 7) is 4.33. The summed E-state index contributed by atoms with van der Waals surface area (Å²) in [5.74, 6) is 1.19. The molecule has 2 saturated heterocycles. The molecule has 1 aromatic rings. The predicted molar refractivity (Wildman–Crippen MR) is 124 cm³/mol. The molecule has 3 saturated carbocycles. The lowest BCUT2D eigenvalue weighted by atomic mass is 9.58. The van der Waals surface area contributed by atoms with Crippen LogP contribution in [0.3, 0.4) is 0 Å². The molecule has 1 spiro atoms. The summed E-state index contributed by atoms with van der Waals surface area (Å²) in [4.78, 5) is 31.2. The Labute approximate surface area is 191 Å². The van der Waals surface area contributed by atoms with Crippen LogP contribution >= 0.6 is 0 Å². The van der Waals surface area contributed by atoms with Crippen molar-refractivity contribution in [3.63, 3.8) is 0 Å². The van der Waals surface area contributed by atoms with Gasteiger partial charge in [-0.3, -0.25) is 9.59 Å². The number of fused-ring (bicyclic) bond motifs is 3. The maximum atomic E-state index is 13.6. The van der Waals surface area contributed by atoms with Gasteiger partial charge in [0.1, 0.15) is 5.66 Å². The van der Waals surface area contributed by atoms with Crippen molar-refractivity contribution in [1.82, 2.24) is 15.1 Å². The monoisotopic (exact) mass is 436 g/mol. The molecule has 2 bridgehead atoms. The van der Waals surface area contributed by atoms with Gasteiger partial charge in [-0.15, -0.1) is 0 Å². The van der Waals surface area contributed by atoms with E-state index in [0.717, 1.165) is 62.9 Å². The van der Waals surface area contributed by atoms with E-state index in [2.05, 4.69) is 20.4 Å². The van der Waals surface area contributed by atoms with Gasteiger partial charge in [0, 0.05) is 36.7 Å². The minimum absolute atomic E-state index is 0.0227. The molecule has 0 aromatic heterocycles. The van der Waals surface area contributed by atoms with Crippen LogP contribution in [0.15, 0.2) is 24.3 Å². The number of carbonyl (C=O) groups is 2. The third kappa shape index (κ3) is 3.42. The molecule has 6 nitrogen and oxygen atoms in total. The van der Waals surface area contributed by atoms with E-state index in [1.807, 2.05) is 24.3 Å². The molecule has 2 N–H and O–H groups in total. The molecule has 7 rings (SSSR count). The van der Waals surface area contributed by atoms with E-state index in [1.54, 1.807) is 0 Å². The Kier molecular flexibility index (Phi) is 5.16. The molecule has 6 aliphatic rings. The van der Waals surface area contributed by atoms with E-state index in [-0.39, 0.29) is 17.5 Å². The Balaban J connectivity index is 1.11. The summed E-state index contributed by atoms with van der Waals surface area (Å²) < 4.78 is 0.